The molecule has 1 aromatic rings. The van der Waals surface area contributed by atoms with E-state index < -0.39 is 12.0 Å². The van der Waals surface area contributed by atoms with E-state index in [9.17, 15) is 9.90 Å². The molecule has 1 aliphatic rings. The SMILES string of the molecule is CCC(C(=O)O)N(C)C1CCCN(c2cccnn2)C1. The van der Waals surface area contributed by atoms with Crippen LogP contribution in [0, 0.1) is 0 Å². The lowest BCUT2D eigenvalue weighted by Crippen LogP contribution is -2.52. The molecule has 0 radical (unpaired) electrons. The maximum absolute atomic E-state index is 11.3. The van der Waals surface area contributed by atoms with E-state index in [-0.39, 0.29) is 6.04 Å². The zero-order valence-electron chi connectivity index (χ0n) is 12.1. The van der Waals surface area contributed by atoms with Gasteiger partial charge in [0.25, 0.3) is 0 Å². The Morgan fingerprint density at radius 2 is 2.45 bits per heavy atom. The maximum atomic E-state index is 11.3. The summed E-state index contributed by atoms with van der Waals surface area (Å²) in [5.74, 6) is 0.126. The first-order chi connectivity index (χ1) is 9.63. The van der Waals surface area contributed by atoms with Gasteiger partial charge < -0.3 is 10.0 Å². The number of carboxylic acids is 1. The van der Waals surface area contributed by atoms with Crippen molar-refractivity contribution in [3.05, 3.63) is 18.3 Å². The van der Waals surface area contributed by atoms with E-state index in [2.05, 4.69) is 15.1 Å². The molecule has 20 heavy (non-hydrogen) atoms. The van der Waals surface area contributed by atoms with Crippen molar-refractivity contribution in [1.29, 1.82) is 0 Å². The van der Waals surface area contributed by atoms with E-state index >= 15 is 0 Å². The van der Waals surface area contributed by atoms with Crippen LogP contribution in [0.25, 0.3) is 0 Å². The summed E-state index contributed by atoms with van der Waals surface area (Å²) in [4.78, 5) is 15.5. The van der Waals surface area contributed by atoms with Crippen LogP contribution in [0.3, 0.4) is 0 Å². The van der Waals surface area contributed by atoms with Crippen molar-refractivity contribution >= 4 is 11.8 Å². The number of hydrogen-bond acceptors (Lipinski definition) is 5. The first kappa shape index (κ1) is 14.7. The lowest BCUT2D eigenvalue weighted by atomic mass is 10.0. The van der Waals surface area contributed by atoms with Crippen LogP contribution in [-0.2, 0) is 4.79 Å². The van der Waals surface area contributed by atoms with Crippen LogP contribution in [0.15, 0.2) is 18.3 Å². The minimum Gasteiger partial charge on any atom is -0.480 e. The van der Waals surface area contributed by atoms with Crippen molar-refractivity contribution in [2.45, 2.75) is 38.3 Å². The van der Waals surface area contributed by atoms with Gasteiger partial charge >= 0.3 is 5.97 Å². The summed E-state index contributed by atoms with van der Waals surface area (Å²) in [7, 11) is 1.91. The second-order valence-corrected chi connectivity index (χ2v) is 5.25. The first-order valence-corrected chi connectivity index (χ1v) is 7.11. The number of piperidine rings is 1. The zero-order valence-corrected chi connectivity index (χ0v) is 12.1. The average Bonchev–Trinajstić information content (AvgIpc) is 2.48. The van der Waals surface area contributed by atoms with Crippen molar-refractivity contribution < 1.29 is 9.90 Å². The molecule has 0 spiro atoms. The van der Waals surface area contributed by atoms with Crippen LogP contribution >= 0.6 is 0 Å². The van der Waals surface area contributed by atoms with Crippen LogP contribution in [-0.4, -0.2) is 58.4 Å². The Kier molecular flexibility index (Phi) is 4.89. The highest BCUT2D eigenvalue weighted by Crippen LogP contribution is 2.21. The molecule has 1 saturated heterocycles. The molecule has 0 amide bonds. The third-order valence-electron chi connectivity index (χ3n) is 4.02. The number of carbonyl (C=O) groups is 1. The summed E-state index contributed by atoms with van der Waals surface area (Å²) in [5.41, 5.74) is 0. The van der Waals surface area contributed by atoms with E-state index in [1.807, 2.05) is 31.0 Å². The summed E-state index contributed by atoms with van der Waals surface area (Å²) in [6.45, 7) is 3.67. The van der Waals surface area contributed by atoms with Gasteiger partial charge in [0.15, 0.2) is 5.82 Å². The normalized spacial score (nSPS) is 20.9. The van der Waals surface area contributed by atoms with E-state index in [1.54, 1.807) is 6.20 Å². The lowest BCUT2D eigenvalue weighted by Gasteiger charge is -2.40. The number of rotatable bonds is 5. The van der Waals surface area contributed by atoms with Gasteiger partial charge in [-0.05, 0) is 38.4 Å². The first-order valence-electron chi connectivity index (χ1n) is 7.11. The third-order valence-corrected chi connectivity index (χ3v) is 4.02. The number of anilines is 1. The number of aromatic nitrogens is 2. The van der Waals surface area contributed by atoms with Crippen molar-refractivity contribution in [3.8, 4) is 0 Å². The van der Waals surface area contributed by atoms with Crippen LogP contribution in [0.4, 0.5) is 5.82 Å². The summed E-state index contributed by atoms with van der Waals surface area (Å²) in [6, 6.07) is 3.65. The molecule has 2 unspecified atom stereocenters. The molecule has 2 heterocycles. The Morgan fingerprint density at radius 1 is 1.65 bits per heavy atom. The number of nitrogens with zero attached hydrogens (tertiary/aromatic N) is 4. The fourth-order valence-corrected chi connectivity index (χ4v) is 2.85. The number of likely N-dealkylation sites (N-methyl/N-ethyl adjacent to an activating group) is 1. The highest BCUT2D eigenvalue weighted by molar-refractivity contribution is 5.73. The molecule has 2 rings (SSSR count). The Bertz CT molecular complexity index is 440. The van der Waals surface area contributed by atoms with E-state index in [0.29, 0.717) is 6.42 Å². The second-order valence-electron chi connectivity index (χ2n) is 5.25. The summed E-state index contributed by atoms with van der Waals surface area (Å²) in [5, 5.41) is 17.3. The molecule has 1 fully saturated rings. The molecule has 2 atom stereocenters. The van der Waals surface area contributed by atoms with Crippen molar-refractivity contribution in [2.75, 3.05) is 25.0 Å². The zero-order chi connectivity index (χ0) is 14.5. The minimum atomic E-state index is -0.744. The van der Waals surface area contributed by atoms with E-state index in [1.165, 1.54) is 0 Å². The number of hydrogen-bond donors (Lipinski definition) is 1. The number of aliphatic carboxylic acids is 1. The monoisotopic (exact) mass is 278 g/mol. The molecule has 0 bridgehead atoms. The molecule has 110 valence electrons. The molecule has 1 N–H and O–H groups in total. The van der Waals surface area contributed by atoms with Gasteiger partial charge in [0, 0.05) is 25.3 Å². The molecule has 6 heteroatoms. The molecule has 0 aromatic carbocycles. The molecular formula is C14H22N4O2. The molecule has 1 aliphatic heterocycles. The maximum Gasteiger partial charge on any atom is 0.320 e. The van der Waals surface area contributed by atoms with Gasteiger partial charge in [-0.25, -0.2) is 0 Å². The summed E-state index contributed by atoms with van der Waals surface area (Å²) >= 11 is 0. The van der Waals surface area contributed by atoms with Crippen LogP contribution in [0.1, 0.15) is 26.2 Å². The predicted molar refractivity (Wildman–Crippen MR) is 76.7 cm³/mol. The largest absolute Gasteiger partial charge is 0.480 e. The molecule has 6 nitrogen and oxygen atoms in total. The van der Waals surface area contributed by atoms with E-state index in [4.69, 9.17) is 0 Å². The van der Waals surface area contributed by atoms with Crippen molar-refractivity contribution in [1.82, 2.24) is 15.1 Å². The third kappa shape index (κ3) is 3.25. The molecular weight excluding hydrogens is 256 g/mol. The molecule has 0 aliphatic carbocycles. The topological polar surface area (TPSA) is 69.6 Å². The van der Waals surface area contributed by atoms with Gasteiger partial charge in [-0.2, -0.15) is 5.10 Å². The molecule has 1 aromatic heterocycles. The van der Waals surface area contributed by atoms with Gasteiger partial charge in [0.05, 0.1) is 0 Å². The summed E-state index contributed by atoms with van der Waals surface area (Å²) in [6.07, 6.45) is 4.35. The van der Waals surface area contributed by atoms with Gasteiger partial charge in [0.1, 0.15) is 6.04 Å². The predicted octanol–water partition coefficient (Wildman–Crippen LogP) is 1.24. The van der Waals surface area contributed by atoms with Crippen LogP contribution in [0.5, 0.6) is 0 Å². The average molecular weight is 278 g/mol. The fraction of sp³-hybridized carbons (Fsp3) is 0.643. The second kappa shape index (κ2) is 6.65. The summed E-state index contributed by atoms with van der Waals surface area (Å²) < 4.78 is 0. The van der Waals surface area contributed by atoms with Gasteiger partial charge in [-0.3, -0.25) is 9.69 Å². The van der Waals surface area contributed by atoms with Crippen molar-refractivity contribution in [3.63, 3.8) is 0 Å². The Morgan fingerprint density at radius 3 is 3.05 bits per heavy atom. The Hall–Kier alpha value is -1.69. The standard InChI is InChI=1S/C14H22N4O2/c1-3-12(14(19)20)17(2)11-6-5-9-18(10-11)13-7-4-8-15-16-13/h4,7-8,11-12H,3,5-6,9-10H2,1-2H3,(H,19,20). The quantitative estimate of drug-likeness (QED) is 0.874. The van der Waals surface area contributed by atoms with Crippen molar-refractivity contribution in [2.24, 2.45) is 0 Å². The van der Waals surface area contributed by atoms with Gasteiger partial charge in [-0.15, -0.1) is 5.10 Å². The fourth-order valence-electron chi connectivity index (χ4n) is 2.85. The van der Waals surface area contributed by atoms with Crippen LogP contribution in [0.2, 0.25) is 0 Å². The molecule has 0 saturated carbocycles. The van der Waals surface area contributed by atoms with Gasteiger partial charge in [-0.1, -0.05) is 6.92 Å². The number of carboxylic acid groups (broad SMARTS) is 1. The highest BCUT2D eigenvalue weighted by atomic mass is 16.4. The Labute approximate surface area is 119 Å². The van der Waals surface area contributed by atoms with Crippen LogP contribution < -0.4 is 4.90 Å². The van der Waals surface area contributed by atoms with E-state index in [0.717, 1.165) is 31.7 Å². The highest BCUT2D eigenvalue weighted by Gasteiger charge is 2.30. The minimum absolute atomic E-state index is 0.242. The Balaban J connectivity index is 2.05. The lowest BCUT2D eigenvalue weighted by molar-refractivity contribution is -0.143. The smallest absolute Gasteiger partial charge is 0.320 e. The van der Waals surface area contributed by atoms with Gasteiger partial charge in [0.2, 0.25) is 0 Å².